The van der Waals surface area contributed by atoms with Crippen LogP contribution in [-0.4, -0.2) is 35.1 Å². The van der Waals surface area contributed by atoms with Gasteiger partial charge in [-0.15, -0.1) is 0 Å². The van der Waals surface area contributed by atoms with E-state index in [-0.39, 0.29) is 12.0 Å². The standard InChI is InChI=1S/C12H18N2O2/c1-9(12(15)16)8-11(14(2)3)10-4-6-13-7-5-10/h4-7,9,11H,8H2,1-3H3,(H,15,16). The van der Waals surface area contributed by atoms with E-state index in [0.29, 0.717) is 6.42 Å². The quantitative estimate of drug-likeness (QED) is 0.825. The van der Waals surface area contributed by atoms with Gasteiger partial charge in [-0.2, -0.15) is 0 Å². The first-order valence-electron chi connectivity index (χ1n) is 5.31. The molecule has 0 fully saturated rings. The number of carboxylic acids is 1. The van der Waals surface area contributed by atoms with Crippen LogP contribution in [0, 0.1) is 5.92 Å². The molecule has 4 nitrogen and oxygen atoms in total. The fourth-order valence-electron chi connectivity index (χ4n) is 1.67. The van der Waals surface area contributed by atoms with E-state index in [2.05, 4.69) is 4.98 Å². The number of nitrogens with zero attached hydrogens (tertiary/aromatic N) is 2. The molecule has 4 heteroatoms. The summed E-state index contributed by atoms with van der Waals surface area (Å²) in [6.45, 7) is 1.74. The van der Waals surface area contributed by atoms with Gasteiger partial charge in [-0.3, -0.25) is 9.78 Å². The lowest BCUT2D eigenvalue weighted by Gasteiger charge is -2.26. The van der Waals surface area contributed by atoms with Crippen LogP contribution in [0.5, 0.6) is 0 Å². The first kappa shape index (κ1) is 12.6. The summed E-state index contributed by atoms with van der Waals surface area (Å²) in [7, 11) is 3.92. The van der Waals surface area contributed by atoms with Crippen LogP contribution in [-0.2, 0) is 4.79 Å². The molecule has 2 atom stereocenters. The highest BCUT2D eigenvalue weighted by atomic mass is 16.4. The number of rotatable bonds is 5. The molecule has 0 saturated heterocycles. The Hall–Kier alpha value is -1.42. The summed E-state index contributed by atoms with van der Waals surface area (Å²) in [6, 6.07) is 3.98. The molecule has 0 aliphatic heterocycles. The molecule has 0 aromatic carbocycles. The lowest BCUT2D eigenvalue weighted by Crippen LogP contribution is -2.24. The molecule has 1 rings (SSSR count). The van der Waals surface area contributed by atoms with Crippen molar-refractivity contribution < 1.29 is 9.90 Å². The fourth-order valence-corrected chi connectivity index (χ4v) is 1.67. The summed E-state index contributed by atoms with van der Waals surface area (Å²) >= 11 is 0. The lowest BCUT2D eigenvalue weighted by molar-refractivity contribution is -0.141. The van der Waals surface area contributed by atoms with Crippen LogP contribution in [0.2, 0.25) is 0 Å². The van der Waals surface area contributed by atoms with E-state index in [9.17, 15) is 4.79 Å². The highest BCUT2D eigenvalue weighted by Gasteiger charge is 2.21. The number of aromatic nitrogens is 1. The molecule has 0 saturated carbocycles. The van der Waals surface area contributed by atoms with E-state index < -0.39 is 5.97 Å². The van der Waals surface area contributed by atoms with Gasteiger partial charge in [0.2, 0.25) is 0 Å². The first-order valence-corrected chi connectivity index (χ1v) is 5.31. The highest BCUT2D eigenvalue weighted by molar-refractivity contribution is 5.69. The van der Waals surface area contributed by atoms with E-state index in [0.717, 1.165) is 5.56 Å². The average molecular weight is 222 g/mol. The molecule has 1 N–H and O–H groups in total. The van der Waals surface area contributed by atoms with Crippen molar-refractivity contribution in [3.8, 4) is 0 Å². The molecule has 0 aliphatic carbocycles. The summed E-state index contributed by atoms with van der Waals surface area (Å²) in [5.41, 5.74) is 1.10. The van der Waals surface area contributed by atoms with Gasteiger partial charge in [0.15, 0.2) is 0 Å². The van der Waals surface area contributed by atoms with E-state index >= 15 is 0 Å². The van der Waals surface area contributed by atoms with E-state index in [1.165, 1.54) is 0 Å². The van der Waals surface area contributed by atoms with Crippen LogP contribution in [0.15, 0.2) is 24.5 Å². The molecule has 0 aliphatic rings. The SMILES string of the molecule is CC(CC(c1ccncc1)N(C)C)C(=O)O. The van der Waals surface area contributed by atoms with Crippen molar-refractivity contribution in [3.05, 3.63) is 30.1 Å². The zero-order valence-corrected chi connectivity index (χ0v) is 9.92. The predicted molar refractivity (Wildman–Crippen MR) is 62.1 cm³/mol. The minimum Gasteiger partial charge on any atom is -0.481 e. The number of aliphatic carboxylic acids is 1. The Morgan fingerprint density at radius 1 is 1.44 bits per heavy atom. The summed E-state index contributed by atoms with van der Waals surface area (Å²) in [6.07, 6.45) is 4.07. The van der Waals surface area contributed by atoms with Crippen molar-refractivity contribution in [3.63, 3.8) is 0 Å². The zero-order chi connectivity index (χ0) is 12.1. The van der Waals surface area contributed by atoms with Crippen molar-refractivity contribution in [2.45, 2.75) is 19.4 Å². The molecule has 0 spiro atoms. The smallest absolute Gasteiger partial charge is 0.306 e. The Kier molecular flexibility index (Phi) is 4.43. The lowest BCUT2D eigenvalue weighted by atomic mass is 9.96. The van der Waals surface area contributed by atoms with E-state index in [4.69, 9.17) is 5.11 Å². The van der Waals surface area contributed by atoms with Crippen molar-refractivity contribution in [2.24, 2.45) is 5.92 Å². The van der Waals surface area contributed by atoms with E-state index in [1.54, 1.807) is 19.3 Å². The summed E-state index contributed by atoms with van der Waals surface area (Å²) < 4.78 is 0. The topological polar surface area (TPSA) is 53.4 Å². The van der Waals surface area contributed by atoms with Crippen LogP contribution in [0.25, 0.3) is 0 Å². The van der Waals surface area contributed by atoms with Gasteiger partial charge < -0.3 is 10.0 Å². The maximum Gasteiger partial charge on any atom is 0.306 e. The Morgan fingerprint density at radius 2 is 2.00 bits per heavy atom. The van der Waals surface area contributed by atoms with Crippen molar-refractivity contribution in [1.29, 1.82) is 0 Å². The highest BCUT2D eigenvalue weighted by Crippen LogP contribution is 2.25. The Morgan fingerprint density at radius 3 is 2.44 bits per heavy atom. The largest absolute Gasteiger partial charge is 0.481 e. The molecular formula is C12H18N2O2. The summed E-state index contributed by atoms with van der Waals surface area (Å²) in [4.78, 5) is 16.9. The predicted octanol–water partition coefficient (Wildman–Crippen LogP) is 1.80. The van der Waals surface area contributed by atoms with Crippen LogP contribution < -0.4 is 0 Å². The van der Waals surface area contributed by atoms with Gasteiger partial charge in [-0.1, -0.05) is 6.92 Å². The second kappa shape index (κ2) is 5.61. The Bertz CT molecular complexity index is 338. The molecule has 1 aromatic rings. The third kappa shape index (κ3) is 3.31. The monoisotopic (exact) mass is 222 g/mol. The molecule has 2 unspecified atom stereocenters. The third-order valence-corrected chi connectivity index (χ3v) is 2.71. The van der Waals surface area contributed by atoms with Gasteiger partial charge in [0.1, 0.15) is 0 Å². The molecule has 88 valence electrons. The van der Waals surface area contributed by atoms with Gasteiger partial charge in [-0.05, 0) is 38.2 Å². The minimum atomic E-state index is -0.749. The minimum absolute atomic E-state index is 0.120. The van der Waals surface area contributed by atoms with Crippen LogP contribution >= 0.6 is 0 Å². The fraction of sp³-hybridized carbons (Fsp3) is 0.500. The van der Waals surface area contributed by atoms with Gasteiger partial charge in [-0.25, -0.2) is 0 Å². The van der Waals surface area contributed by atoms with Gasteiger partial charge in [0.05, 0.1) is 5.92 Å². The number of pyridine rings is 1. The molecule has 1 heterocycles. The molecule has 1 aromatic heterocycles. The second-order valence-corrected chi connectivity index (χ2v) is 4.23. The molecule has 16 heavy (non-hydrogen) atoms. The maximum absolute atomic E-state index is 10.9. The van der Waals surface area contributed by atoms with Gasteiger partial charge >= 0.3 is 5.97 Å². The van der Waals surface area contributed by atoms with Crippen molar-refractivity contribution in [2.75, 3.05) is 14.1 Å². The summed E-state index contributed by atoms with van der Waals surface area (Å²) in [5, 5.41) is 8.93. The first-order chi connectivity index (χ1) is 7.52. The normalized spacial score (nSPS) is 14.8. The zero-order valence-electron chi connectivity index (χ0n) is 9.92. The van der Waals surface area contributed by atoms with E-state index in [1.807, 2.05) is 31.1 Å². The number of carboxylic acid groups (broad SMARTS) is 1. The second-order valence-electron chi connectivity index (χ2n) is 4.23. The molecule has 0 radical (unpaired) electrons. The van der Waals surface area contributed by atoms with Crippen LogP contribution in [0.3, 0.4) is 0 Å². The number of hydrogen-bond acceptors (Lipinski definition) is 3. The molecular weight excluding hydrogens is 204 g/mol. The molecule has 0 amide bonds. The number of carbonyl (C=O) groups is 1. The maximum atomic E-state index is 10.9. The van der Waals surface area contributed by atoms with Crippen LogP contribution in [0.4, 0.5) is 0 Å². The van der Waals surface area contributed by atoms with Gasteiger partial charge in [0, 0.05) is 18.4 Å². The Balaban J connectivity index is 2.81. The summed E-state index contributed by atoms with van der Waals surface area (Å²) in [5.74, 6) is -1.10. The Labute approximate surface area is 95.9 Å². The van der Waals surface area contributed by atoms with Crippen LogP contribution in [0.1, 0.15) is 24.9 Å². The van der Waals surface area contributed by atoms with Gasteiger partial charge in [0.25, 0.3) is 0 Å². The average Bonchev–Trinajstić information content (AvgIpc) is 2.26. The number of hydrogen-bond donors (Lipinski definition) is 1. The molecule has 0 bridgehead atoms. The third-order valence-electron chi connectivity index (χ3n) is 2.71. The van der Waals surface area contributed by atoms with Crippen molar-refractivity contribution in [1.82, 2.24) is 9.88 Å². The van der Waals surface area contributed by atoms with Crippen molar-refractivity contribution >= 4 is 5.97 Å².